The zero-order valence-electron chi connectivity index (χ0n) is 20.0. The number of carbonyl (C=O) groups is 1. The van der Waals surface area contributed by atoms with Gasteiger partial charge in [-0.3, -0.25) is 9.36 Å². The Hall–Kier alpha value is -3.23. The lowest BCUT2D eigenvalue weighted by atomic mass is 9.95. The van der Waals surface area contributed by atoms with E-state index >= 15 is 0 Å². The van der Waals surface area contributed by atoms with Gasteiger partial charge in [0.05, 0.1) is 29.2 Å². The fraction of sp³-hybridized carbons (Fsp3) is 0.370. The SMILES string of the molecule is Cc1cc2c(cc1Cl)nc(N1CCC(C(=O)NC3CCOC3)CC1)n2-c1ccc2cc(F)ccc2n1. The van der Waals surface area contributed by atoms with Crippen molar-refractivity contribution in [3.8, 4) is 5.82 Å². The summed E-state index contributed by atoms with van der Waals surface area (Å²) >= 11 is 6.43. The molecule has 4 aromatic rings. The van der Waals surface area contributed by atoms with Crippen LogP contribution in [0.5, 0.6) is 0 Å². The van der Waals surface area contributed by atoms with E-state index in [1.807, 2.05) is 35.8 Å². The Labute approximate surface area is 213 Å². The summed E-state index contributed by atoms with van der Waals surface area (Å²) in [5.74, 6) is 1.27. The summed E-state index contributed by atoms with van der Waals surface area (Å²) in [6.07, 6.45) is 2.36. The Balaban J connectivity index is 1.33. The minimum absolute atomic E-state index is 0.0231. The van der Waals surface area contributed by atoms with Crippen molar-refractivity contribution < 1.29 is 13.9 Å². The van der Waals surface area contributed by atoms with E-state index in [2.05, 4.69) is 10.2 Å². The zero-order chi connectivity index (χ0) is 24.8. The molecule has 2 aliphatic heterocycles. The number of ether oxygens (including phenoxy) is 1. The Morgan fingerprint density at radius 2 is 1.92 bits per heavy atom. The van der Waals surface area contributed by atoms with Crippen molar-refractivity contribution in [2.45, 2.75) is 32.2 Å². The van der Waals surface area contributed by atoms with Crippen LogP contribution in [-0.4, -0.2) is 52.8 Å². The molecule has 1 amide bonds. The second-order valence-corrected chi connectivity index (χ2v) is 10.1. The number of carbonyl (C=O) groups excluding carboxylic acids is 1. The van der Waals surface area contributed by atoms with Gasteiger partial charge in [0.25, 0.3) is 0 Å². The van der Waals surface area contributed by atoms with Crippen molar-refractivity contribution >= 4 is 45.4 Å². The van der Waals surface area contributed by atoms with Gasteiger partial charge in [-0.15, -0.1) is 0 Å². The molecule has 2 saturated heterocycles. The Bertz CT molecular complexity index is 1460. The zero-order valence-corrected chi connectivity index (χ0v) is 20.8. The van der Waals surface area contributed by atoms with E-state index in [1.54, 1.807) is 6.07 Å². The van der Waals surface area contributed by atoms with Crippen LogP contribution >= 0.6 is 11.6 Å². The summed E-state index contributed by atoms with van der Waals surface area (Å²) in [6, 6.07) is 12.4. The third-order valence-electron chi connectivity index (χ3n) is 7.21. The Morgan fingerprint density at radius 1 is 1.08 bits per heavy atom. The van der Waals surface area contributed by atoms with Gasteiger partial charge < -0.3 is 15.0 Å². The number of pyridine rings is 1. The molecule has 186 valence electrons. The number of halogens is 2. The minimum Gasteiger partial charge on any atom is -0.379 e. The first kappa shape index (κ1) is 23.2. The second kappa shape index (κ2) is 9.33. The van der Waals surface area contributed by atoms with Crippen molar-refractivity contribution in [1.82, 2.24) is 19.9 Å². The molecule has 0 bridgehead atoms. The van der Waals surface area contributed by atoms with Gasteiger partial charge in [0.15, 0.2) is 0 Å². The number of nitrogens with zero attached hydrogens (tertiary/aromatic N) is 4. The number of imidazole rings is 1. The summed E-state index contributed by atoms with van der Waals surface area (Å²) in [4.78, 5) is 24.8. The number of rotatable bonds is 4. The Kier molecular flexibility index (Phi) is 6.01. The predicted octanol–water partition coefficient (Wildman–Crippen LogP) is 4.80. The molecule has 7 nitrogen and oxygen atoms in total. The molecule has 0 aliphatic carbocycles. The lowest BCUT2D eigenvalue weighted by Gasteiger charge is -2.32. The van der Waals surface area contributed by atoms with Gasteiger partial charge in [-0.1, -0.05) is 11.6 Å². The van der Waals surface area contributed by atoms with Gasteiger partial charge >= 0.3 is 0 Å². The molecule has 2 aliphatic rings. The average molecular weight is 508 g/mol. The molecule has 36 heavy (non-hydrogen) atoms. The smallest absolute Gasteiger partial charge is 0.223 e. The first-order valence-corrected chi connectivity index (χ1v) is 12.7. The third kappa shape index (κ3) is 4.29. The molecule has 1 atom stereocenters. The van der Waals surface area contributed by atoms with Crippen LogP contribution in [0.3, 0.4) is 0 Å². The van der Waals surface area contributed by atoms with E-state index in [4.69, 9.17) is 26.3 Å². The number of hydrogen-bond donors (Lipinski definition) is 1. The van der Waals surface area contributed by atoms with Crippen LogP contribution in [0.4, 0.5) is 10.3 Å². The van der Waals surface area contributed by atoms with Gasteiger partial charge in [-0.25, -0.2) is 14.4 Å². The van der Waals surface area contributed by atoms with Crippen LogP contribution in [0.2, 0.25) is 5.02 Å². The van der Waals surface area contributed by atoms with Crippen molar-refractivity contribution in [3.63, 3.8) is 0 Å². The molecule has 9 heteroatoms. The van der Waals surface area contributed by atoms with E-state index in [1.165, 1.54) is 12.1 Å². The van der Waals surface area contributed by atoms with Crippen molar-refractivity contribution in [2.24, 2.45) is 5.92 Å². The highest BCUT2D eigenvalue weighted by Gasteiger charge is 2.30. The summed E-state index contributed by atoms with van der Waals surface area (Å²) in [5, 5.41) is 4.54. The summed E-state index contributed by atoms with van der Waals surface area (Å²) < 4.78 is 21.1. The van der Waals surface area contributed by atoms with Gasteiger partial charge in [0.1, 0.15) is 11.6 Å². The van der Waals surface area contributed by atoms with Gasteiger partial charge in [0.2, 0.25) is 11.9 Å². The fourth-order valence-electron chi connectivity index (χ4n) is 5.15. The molecule has 0 radical (unpaired) electrons. The molecule has 0 spiro atoms. The van der Waals surface area contributed by atoms with E-state index in [-0.39, 0.29) is 23.7 Å². The Morgan fingerprint density at radius 3 is 2.69 bits per heavy atom. The first-order valence-electron chi connectivity index (χ1n) is 12.3. The lowest BCUT2D eigenvalue weighted by molar-refractivity contribution is -0.126. The number of anilines is 1. The number of nitrogens with one attached hydrogen (secondary N) is 1. The number of amides is 1. The number of aromatic nitrogens is 3. The highest BCUT2D eigenvalue weighted by atomic mass is 35.5. The van der Waals surface area contributed by atoms with Crippen LogP contribution in [0.15, 0.2) is 42.5 Å². The van der Waals surface area contributed by atoms with Crippen LogP contribution in [0.25, 0.3) is 27.8 Å². The van der Waals surface area contributed by atoms with Gasteiger partial charge in [-0.2, -0.15) is 0 Å². The van der Waals surface area contributed by atoms with Crippen molar-refractivity contribution in [1.29, 1.82) is 0 Å². The van der Waals surface area contributed by atoms with Crippen LogP contribution in [0, 0.1) is 18.7 Å². The fourth-order valence-corrected chi connectivity index (χ4v) is 5.31. The molecular weight excluding hydrogens is 481 g/mol. The van der Waals surface area contributed by atoms with Crippen LogP contribution in [0.1, 0.15) is 24.8 Å². The van der Waals surface area contributed by atoms with Crippen LogP contribution in [-0.2, 0) is 9.53 Å². The maximum Gasteiger partial charge on any atom is 0.223 e. The summed E-state index contributed by atoms with van der Waals surface area (Å²) in [6.45, 7) is 4.68. The normalized spacial score (nSPS) is 18.9. The molecule has 1 unspecified atom stereocenters. The van der Waals surface area contributed by atoms with Gasteiger partial charge in [-0.05, 0) is 74.2 Å². The largest absolute Gasteiger partial charge is 0.379 e. The molecule has 1 N–H and O–H groups in total. The lowest BCUT2D eigenvalue weighted by Crippen LogP contribution is -2.44. The van der Waals surface area contributed by atoms with Crippen LogP contribution < -0.4 is 10.2 Å². The quantitative estimate of drug-likeness (QED) is 0.430. The highest BCUT2D eigenvalue weighted by Crippen LogP contribution is 2.33. The standard InChI is InChI=1S/C27H27ClFN5O2/c1-16-12-24-23(14-21(16)28)32-27(34(24)25-5-2-18-13-19(29)3-4-22(18)31-25)33-9-6-17(7-10-33)26(35)30-20-8-11-36-15-20/h2-5,12-14,17,20H,6-11,15H2,1H3,(H,30,35). The number of benzene rings is 2. The molecule has 2 fully saturated rings. The van der Waals surface area contributed by atoms with Crippen molar-refractivity contribution in [2.75, 3.05) is 31.2 Å². The average Bonchev–Trinajstić information content (AvgIpc) is 3.52. The number of aryl methyl sites for hydroxylation is 1. The topological polar surface area (TPSA) is 72.3 Å². The molecule has 2 aromatic heterocycles. The number of fused-ring (bicyclic) bond motifs is 2. The minimum atomic E-state index is -0.288. The monoisotopic (exact) mass is 507 g/mol. The van der Waals surface area contributed by atoms with E-state index in [0.29, 0.717) is 42.7 Å². The number of piperidine rings is 1. The maximum absolute atomic E-state index is 13.7. The highest BCUT2D eigenvalue weighted by molar-refractivity contribution is 6.32. The third-order valence-corrected chi connectivity index (χ3v) is 7.61. The second-order valence-electron chi connectivity index (χ2n) is 9.67. The van der Waals surface area contributed by atoms with E-state index < -0.39 is 0 Å². The van der Waals surface area contributed by atoms with Gasteiger partial charge in [0, 0.05) is 36.0 Å². The summed E-state index contributed by atoms with van der Waals surface area (Å²) in [5.41, 5.74) is 3.34. The maximum atomic E-state index is 13.7. The number of hydrogen-bond acceptors (Lipinski definition) is 5. The first-order chi connectivity index (χ1) is 17.5. The molecule has 4 heterocycles. The molecule has 0 saturated carbocycles. The van der Waals surface area contributed by atoms with E-state index in [0.717, 1.165) is 47.2 Å². The van der Waals surface area contributed by atoms with Crippen molar-refractivity contribution in [3.05, 3.63) is 58.9 Å². The molecule has 6 rings (SSSR count). The summed E-state index contributed by atoms with van der Waals surface area (Å²) in [7, 11) is 0. The van der Waals surface area contributed by atoms with E-state index in [9.17, 15) is 9.18 Å². The molecular formula is C27H27ClFN5O2. The predicted molar refractivity (Wildman–Crippen MR) is 138 cm³/mol. The molecule has 2 aromatic carbocycles.